The van der Waals surface area contributed by atoms with Gasteiger partial charge in [-0.3, -0.25) is 0 Å². The van der Waals surface area contributed by atoms with Gasteiger partial charge in [-0.15, -0.1) is 10.2 Å². The zero-order valence-electron chi connectivity index (χ0n) is 14.5. The maximum atomic E-state index is 9.33. The summed E-state index contributed by atoms with van der Waals surface area (Å²) in [6, 6.07) is 16.3. The lowest BCUT2D eigenvalue weighted by Crippen LogP contribution is -2.28. The molecule has 0 spiro atoms. The number of hydrogen-bond donors (Lipinski definition) is 0. The Morgan fingerprint density at radius 3 is 2.69 bits per heavy atom. The van der Waals surface area contributed by atoms with Gasteiger partial charge in [0.05, 0.1) is 5.56 Å². The first-order valence-electron chi connectivity index (χ1n) is 8.90. The zero-order valence-corrected chi connectivity index (χ0v) is 14.5. The topological polar surface area (TPSA) is 70.6 Å². The highest BCUT2D eigenvalue weighted by Crippen LogP contribution is 2.19. The number of aryl methyl sites for hydroxylation is 2. The zero-order chi connectivity index (χ0) is 17.8. The smallest absolute Gasteiger partial charge is 0.146 e. The third-order valence-electron chi connectivity index (χ3n) is 4.79. The largest absolute Gasteiger partial charge is 0.353 e. The first-order chi connectivity index (χ1) is 12.8. The number of benzene rings is 1. The summed E-state index contributed by atoms with van der Waals surface area (Å²) in [5.41, 5.74) is 1.93. The lowest BCUT2D eigenvalue weighted by molar-refractivity contribution is 0.641. The van der Waals surface area contributed by atoms with E-state index in [0.29, 0.717) is 5.56 Å². The fraction of sp³-hybridized carbons (Fsp3) is 0.300. The molecular formula is C20H20N6. The molecule has 0 unspecified atom stereocenters. The van der Waals surface area contributed by atoms with Gasteiger partial charge in [-0.1, -0.05) is 30.3 Å². The second-order valence-electron chi connectivity index (χ2n) is 6.39. The van der Waals surface area contributed by atoms with Gasteiger partial charge in [0.2, 0.25) is 0 Å². The van der Waals surface area contributed by atoms with Gasteiger partial charge in [0.25, 0.3) is 0 Å². The molecule has 0 amide bonds. The Kier molecular flexibility index (Phi) is 4.61. The van der Waals surface area contributed by atoms with E-state index in [-0.39, 0.29) is 0 Å². The average Bonchev–Trinajstić information content (AvgIpc) is 2.96. The van der Waals surface area contributed by atoms with E-state index in [9.17, 15) is 5.26 Å². The first kappa shape index (κ1) is 16.3. The highest BCUT2D eigenvalue weighted by atomic mass is 15.3. The number of nitriles is 1. The molecular weight excluding hydrogens is 324 g/mol. The summed E-state index contributed by atoms with van der Waals surface area (Å²) in [5.74, 6) is 2.82. The van der Waals surface area contributed by atoms with Crippen molar-refractivity contribution in [3.63, 3.8) is 0 Å². The quantitative estimate of drug-likeness (QED) is 0.727. The van der Waals surface area contributed by atoms with Crippen LogP contribution >= 0.6 is 0 Å². The molecule has 1 aliphatic heterocycles. The molecule has 2 aromatic heterocycles. The van der Waals surface area contributed by atoms with Gasteiger partial charge in [-0.2, -0.15) is 5.26 Å². The molecule has 3 heterocycles. The Labute approximate surface area is 152 Å². The maximum absolute atomic E-state index is 9.33. The molecule has 4 rings (SSSR count). The molecule has 1 aromatic carbocycles. The van der Waals surface area contributed by atoms with Crippen LogP contribution in [0.2, 0.25) is 0 Å². The Balaban J connectivity index is 1.49. The summed E-state index contributed by atoms with van der Waals surface area (Å²) in [5, 5.41) is 18.1. The van der Waals surface area contributed by atoms with Crippen LogP contribution in [0.1, 0.15) is 22.8 Å². The van der Waals surface area contributed by atoms with Crippen LogP contribution in [0, 0.1) is 11.3 Å². The van der Waals surface area contributed by atoms with E-state index in [2.05, 4.69) is 55.0 Å². The fourth-order valence-corrected chi connectivity index (χ4v) is 3.42. The van der Waals surface area contributed by atoms with Crippen molar-refractivity contribution in [3.05, 3.63) is 71.4 Å². The van der Waals surface area contributed by atoms with E-state index in [1.807, 2.05) is 12.1 Å². The van der Waals surface area contributed by atoms with Crippen LogP contribution in [0.5, 0.6) is 0 Å². The molecule has 3 aromatic rings. The lowest BCUT2D eigenvalue weighted by Gasteiger charge is -2.21. The summed E-state index contributed by atoms with van der Waals surface area (Å²) in [6.07, 6.45) is 4.39. The number of anilines is 1. The van der Waals surface area contributed by atoms with Crippen molar-refractivity contribution in [3.8, 4) is 6.07 Å². The Morgan fingerprint density at radius 1 is 0.962 bits per heavy atom. The molecule has 6 nitrogen and oxygen atoms in total. The Hall–Kier alpha value is -3.20. The molecule has 0 N–H and O–H groups in total. The van der Waals surface area contributed by atoms with Gasteiger partial charge >= 0.3 is 0 Å². The third kappa shape index (κ3) is 3.29. The molecule has 0 fully saturated rings. The number of aromatic nitrogens is 4. The minimum atomic E-state index is 0.620. The van der Waals surface area contributed by atoms with E-state index in [4.69, 9.17) is 0 Å². The molecule has 0 saturated carbocycles. The van der Waals surface area contributed by atoms with Gasteiger partial charge in [0, 0.05) is 38.7 Å². The van der Waals surface area contributed by atoms with Gasteiger partial charge in [-0.25, -0.2) is 4.98 Å². The Bertz CT molecular complexity index is 925. The van der Waals surface area contributed by atoms with Crippen LogP contribution in [0.4, 0.5) is 5.82 Å². The SMILES string of the molecule is N#Cc1cccnc1N1CCc2nnc(CCc3ccccc3)n2CC1. The van der Waals surface area contributed by atoms with E-state index in [1.165, 1.54) is 5.56 Å². The Morgan fingerprint density at radius 2 is 1.85 bits per heavy atom. The summed E-state index contributed by atoms with van der Waals surface area (Å²) in [7, 11) is 0. The van der Waals surface area contributed by atoms with Crippen molar-refractivity contribution in [1.82, 2.24) is 19.7 Å². The predicted molar refractivity (Wildman–Crippen MR) is 98.7 cm³/mol. The van der Waals surface area contributed by atoms with Crippen molar-refractivity contribution in [1.29, 1.82) is 5.26 Å². The maximum Gasteiger partial charge on any atom is 0.146 e. The van der Waals surface area contributed by atoms with Gasteiger partial charge in [0.1, 0.15) is 23.5 Å². The summed E-state index contributed by atoms with van der Waals surface area (Å²) in [4.78, 5) is 6.59. The van der Waals surface area contributed by atoms with Crippen LogP contribution in [-0.4, -0.2) is 32.8 Å². The molecule has 26 heavy (non-hydrogen) atoms. The highest BCUT2D eigenvalue weighted by molar-refractivity contribution is 5.53. The molecule has 1 aliphatic rings. The van der Waals surface area contributed by atoms with Gasteiger partial charge in [-0.05, 0) is 24.1 Å². The molecule has 0 aliphatic carbocycles. The third-order valence-corrected chi connectivity index (χ3v) is 4.79. The molecule has 130 valence electrons. The standard InChI is InChI=1S/C20H20N6/c21-15-17-7-4-11-22-20(17)25-12-10-19-24-23-18(26(19)14-13-25)9-8-16-5-2-1-3-6-16/h1-7,11H,8-10,12-14H2. The monoisotopic (exact) mass is 344 g/mol. The molecule has 0 saturated heterocycles. The van der Waals surface area contributed by atoms with E-state index >= 15 is 0 Å². The second kappa shape index (κ2) is 7.36. The minimum absolute atomic E-state index is 0.620. The van der Waals surface area contributed by atoms with Gasteiger partial charge in [0.15, 0.2) is 0 Å². The summed E-state index contributed by atoms with van der Waals surface area (Å²) in [6.45, 7) is 2.41. The number of pyridine rings is 1. The molecule has 0 bridgehead atoms. The normalized spacial score (nSPS) is 13.7. The minimum Gasteiger partial charge on any atom is -0.353 e. The van der Waals surface area contributed by atoms with Crippen LogP contribution in [0.15, 0.2) is 48.7 Å². The van der Waals surface area contributed by atoms with Crippen molar-refractivity contribution < 1.29 is 0 Å². The molecule has 0 atom stereocenters. The second-order valence-corrected chi connectivity index (χ2v) is 6.39. The van der Waals surface area contributed by atoms with Crippen molar-refractivity contribution in [2.75, 3.05) is 18.0 Å². The van der Waals surface area contributed by atoms with Crippen LogP contribution in [-0.2, 0) is 25.8 Å². The number of nitrogens with zero attached hydrogens (tertiary/aromatic N) is 6. The number of hydrogen-bond acceptors (Lipinski definition) is 5. The molecule has 0 radical (unpaired) electrons. The first-order valence-corrected chi connectivity index (χ1v) is 8.90. The fourth-order valence-electron chi connectivity index (χ4n) is 3.42. The average molecular weight is 344 g/mol. The van der Waals surface area contributed by atoms with E-state index in [1.54, 1.807) is 12.3 Å². The van der Waals surface area contributed by atoms with Crippen molar-refractivity contribution >= 4 is 5.82 Å². The van der Waals surface area contributed by atoms with Crippen molar-refractivity contribution in [2.45, 2.75) is 25.8 Å². The van der Waals surface area contributed by atoms with E-state index < -0.39 is 0 Å². The highest BCUT2D eigenvalue weighted by Gasteiger charge is 2.20. The summed E-state index contributed by atoms with van der Waals surface area (Å²) >= 11 is 0. The molecule has 6 heteroatoms. The van der Waals surface area contributed by atoms with Gasteiger partial charge < -0.3 is 9.47 Å². The lowest BCUT2D eigenvalue weighted by atomic mass is 10.1. The number of fused-ring (bicyclic) bond motifs is 1. The van der Waals surface area contributed by atoms with Crippen LogP contribution in [0.25, 0.3) is 0 Å². The summed E-state index contributed by atoms with van der Waals surface area (Å²) < 4.78 is 2.23. The predicted octanol–water partition coefficient (Wildman–Crippen LogP) is 2.39. The number of rotatable bonds is 4. The van der Waals surface area contributed by atoms with Crippen LogP contribution < -0.4 is 4.90 Å². The van der Waals surface area contributed by atoms with E-state index in [0.717, 1.165) is 56.4 Å². The van der Waals surface area contributed by atoms with Crippen molar-refractivity contribution in [2.24, 2.45) is 0 Å². The van der Waals surface area contributed by atoms with Crippen LogP contribution in [0.3, 0.4) is 0 Å².